The standard InChI is InChI=1S/C21H32N2O3Si/c1-19(2,3)27(6,7)26-16-10-12-20-11-8-14(17(24)23(20)5)15-9-13-21(16,20)18(25)22(15)4/h8-9,11,13-16H,10,12H2,1-7H3/t14-,15+,16-,20-,21-/m1/s1. The summed E-state index contributed by atoms with van der Waals surface area (Å²) in [4.78, 5) is 30.6. The molecule has 7 rings (SSSR count). The number of nitrogens with zero attached hydrogens (tertiary/aromatic N) is 2. The zero-order valence-electron chi connectivity index (χ0n) is 17.6. The summed E-state index contributed by atoms with van der Waals surface area (Å²) in [5, 5.41) is 0.0616. The van der Waals surface area contributed by atoms with Crippen LogP contribution in [0.25, 0.3) is 0 Å². The SMILES string of the molecule is CN1C(=O)[C@]23C=C[C@H]1[C@H]1C=C[C@]2(CC[C@H]3O[Si](C)(C)C(C)(C)C)N(C)C1=O. The minimum absolute atomic E-state index is 0.0616. The predicted molar refractivity (Wildman–Crippen MR) is 108 cm³/mol. The maximum Gasteiger partial charge on any atom is 0.238 e. The number of carbonyl (C=O) groups excluding carboxylic acids is 2. The highest BCUT2D eigenvalue weighted by molar-refractivity contribution is 6.74. The fourth-order valence-electron chi connectivity index (χ4n) is 5.37. The van der Waals surface area contributed by atoms with E-state index >= 15 is 0 Å². The summed E-state index contributed by atoms with van der Waals surface area (Å²) in [5.74, 6) is -0.0713. The third kappa shape index (κ3) is 2.09. The van der Waals surface area contributed by atoms with E-state index in [0.717, 1.165) is 12.8 Å². The monoisotopic (exact) mass is 388 g/mol. The Kier molecular flexibility index (Phi) is 3.75. The van der Waals surface area contributed by atoms with Crippen molar-refractivity contribution in [2.45, 2.75) is 69.4 Å². The van der Waals surface area contributed by atoms with Gasteiger partial charge in [-0.05, 0) is 31.0 Å². The third-order valence-electron chi connectivity index (χ3n) is 8.09. The molecule has 27 heavy (non-hydrogen) atoms. The van der Waals surface area contributed by atoms with E-state index in [0.29, 0.717) is 0 Å². The molecular formula is C21H32N2O3Si. The molecule has 0 aromatic heterocycles. The smallest absolute Gasteiger partial charge is 0.238 e. The van der Waals surface area contributed by atoms with Crippen molar-refractivity contribution in [1.82, 2.24) is 9.80 Å². The van der Waals surface area contributed by atoms with Crippen LogP contribution in [0, 0.1) is 11.3 Å². The summed E-state index contributed by atoms with van der Waals surface area (Å²) in [6.45, 7) is 11.1. The van der Waals surface area contributed by atoms with Crippen LogP contribution < -0.4 is 0 Å². The Balaban J connectivity index is 1.89. The summed E-state index contributed by atoms with van der Waals surface area (Å²) in [7, 11) is 1.64. The van der Waals surface area contributed by atoms with Crippen molar-refractivity contribution < 1.29 is 14.0 Å². The van der Waals surface area contributed by atoms with Crippen molar-refractivity contribution in [3.63, 3.8) is 0 Å². The summed E-state index contributed by atoms with van der Waals surface area (Å²) in [6, 6.07) is -0.207. The van der Waals surface area contributed by atoms with Crippen molar-refractivity contribution in [2.75, 3.05) is 14.1 Å². The molecule has 0 aromatic rings. The highest BCUT2D eigenvalue weighted by atomic mass is 28.4. The number of carbonyl (C=O) groups is 2. The van der Waals surface area contributed by atoms with Gasteiger partial charge >= 0.3 is 0 Å². The second-order valence-corrected chi connectivity index (χ2v) is 15.0. The fraction of sp³-hybridized carbons (Fsp3) is 0.714. The van der Waals surface area contributed by atoms with E-state index in [1.807, 2.05) is 25.1 Å². The topological polar surface area (TPSA) is 49.9 Å². The summed E-state index contributed by atoms with van der Waals surface area (Å²) in [5.41, 5.74) is -1.46. The Labute approximate surface area is 163 Å². The van der Waals surface area contributed by atoms with E-state index < -0.39 is 19.3 Å². The molecule has 4 bridgehead atoms. The zero-order chi connectivity index (χ0) is 20.0. The van der Waals surface area contributed by atoms with Crippen molar-refractivity contribution >= 4 is 20.1 Å². The number of amides is 2. The van der Waals surface area contributed by atoms with Crippen molar-refractivity contribution in [2.24, 2.45) is 11.3 Å². The number of likely N-dealkylation sites (N-methyl/N-ethyl adjacent to an activating group) is 2. The Bertz CT molecular complexity index is 768. The minimum Gasteiger partial charge on any atom is -0.412 e. The normalized spacial score (nSPS) is 40.6. The van der Waals surface area contributed by atoms with E-state index in [9.17, 15) is 9.59 Å². The molecule has 2 spiro atoms. The predicted octanol–water partition coefficient (Wildman–Crippen LogP) is 2.95. The van der Waals surface area contributed by atoms with Gasteiger partial charge in [-0.25, -0.2) is 0 Å². The highest BCUT2D eigenvalue weighted by Gasteiger charge is 2.71. The summed E-state index contributed by atoms with van der Waals surface area (Å²) >= 11 is 0. The molecule has 5 heterocycles. The van der Waals surface area contributed by atoms with Crippen LogP contribution in [0.3, 0.4) is 0 Å². The average Bonchev–Trinajstić information content (AvgIpc) is 2.82. The van der Waals surface area contributed by atoms with Crippen LogP contribution in [0.5, 0.6) is 0 Å². The van der Waals surface area contributed by atoms with Gasteiger partial charge in [-0.2, -0.15) is 0 Å². The molecule has 0 radical (unpaired) electrons. The highest BCUT2D eigenvalue weighted by Crippen LogP contribution is 2.60. The Morgan fingerprint density at radius 2 is 1.81 bits per heavy atom. The van der Waals surface area contributed by atoms with Gasteiger partial charge in [0, 0.05) is 14.1 Å². The lowest BCUT2D eigenvalue weighted by atomic mass is 9.61. The van der Waals surface area contributed by atoms with Gasteiger partial charge in [0.25, 0.3) is 0 Å². The van der Waals surface area contributed by atoms with Gasteiger partial charge < -0.3 is 14.2 Å². The lowest BCUT2D eigenvalue weighted by molar-refractivity contribution is -0.165. The molecule has 148 valence electrons. The molecule has 5 aliphatic heterocycles. The van der Waals surface area contributed by atoms with Gasteiger partial charge in [-0.1, -0.05) is 45.1 Å². The molecule has 5 nitrogen and oxygen atoms in total. The Morgan fingerprint density at radius 3 is 2.44 bits per heavy atom. The van der Waals surface area contributed by atoms with Crippen molar-refractivity contribution in [3.05, 3.63) is 24.3 Å². The molecule has 2 aliphatic carbocycles. The lowest BCUT2D eigenvalue weighted by Gasteiger charge is -2.59. The zero-order valence-corrected chi connectivity index (χ0v) is 18.6. The minimum atomic E-state index is -2.08. The van der Waals surface area contributed by atoms with Gasteiger partial charge in [-0.3, -0.25) is 9.59 Å². The molecule has 2 amide bonds. The molecule has 0 aromatic carbocycles. The number of hydrogen-bond acceptors (Lipinski definition) is 3. The molecule has 2 fully saturated rings. The summed E-state index contributed by atoms with van der Waals surface area (Å²) in [6.07, 6.45) is 9.71. The molecule has 7 aliphatic rings. The second kappa shape index (κ2) is 5.35. The average molecular weight is 389 g/mol. The van der Waals surface area contributed by atoms with Crippen LogP contribution in [-0.2, 0) is 14.0 Å². The van der Waals surface area contributed by atoms with Crippen LogP contribution in [0.1, 0.15) is 33.6 Å². The Hall–Kier alpha value is -1.40. The molecule has 5 atom stereocenters. The molecule has 0 N–H and O–H groups in total. The lowest BCUT2D eigenvalue weighted by Crippen LogP contribution is -2.73. The second-order valence-electron chi connectivity index (χ2n) is 10.2. The van der Waals surface area contributed by atoms with Crippen LogP contribution in [0.15, 0.2) is 24.3 Å². The third-order valence-corrected chi connectivity index (χ3v) is 12.6. The van der Waals surface area contributed by atoms with E-state index in [4.69, 9.17) is 4.43 Å². The van der Waals surface area contributed by atoms with Gasteiger partial charge in [0.1, 0.15) is 5.41 Å². The van der Waals surface area contributed by atoms with Crippen LogP contribution in [-0.4, -0.2) is 61.7 Å². The molecule has 0 unspecified atom stereocenters. The largest absolute Gasteiger partial charge is 0.412 e. The van der Waals surface area contributed by atoms with Crippen molar-refractivity contribution in [3.8, 4) is 0 Å². The first-order valence-electron chi connectivity index (χ1n) is 10.0. The fourth-order valence-corrected chi connectivity index (χ4v) is 6.73. The van der Waals surface area contributed by atoms with E-state index in [1.165, 1.54) is 0 Å². The first-order chi connectivity index (χ1) is 12.4. The quantitative estimate of drug-likeness (QED) is 0.540. The first kappa shape index (κ1) is 18.9. The molecule has 6 heteroatoms. The Morgan fingerprint density at radius 1 is 1.15 bits per heavy atom. The van der Waals surface area contributed by atoms with E-state index in [2.05, 4.69) is 52.1 Å². The van der Waals surface area contributed by atoms with Crippen LogP contribution in [0.2, 0.25) is 18.1 Å². The van der Waals surface area contributed by atoms with Crippen LogP contribution in [0.4, 0.5) is 0 Å². The van der Waals surface area contributed by atoms with E-state index in [1.54, 1.807) is 4.90 Å². The molecule has 1 saturated carbocycles. The number of hydrogen-bond donors (Lipinski definition) is 0. The maximum absolute atomic E-state index is 13.8. The molecular weight excluding hydrogens is 356 g/mol. The van der Waals surface area contributed by atoms with Gasteiger partial charge in [0.15, 0.2) is 8.32 Å². The maximum atomic E-state index is 13.8. The van der Waals surface area contributed by atoms with Gasteiger partial charge in [-0.15, -0.1) is 0 Å². The molecule has 1 saturated heterocycles. The first-order valence-corrected chi connectivity index (χ1v) is 12.9. The van der Waals surface area contributed by atoms with Crippen LogP contribution >= 0.6 is 0 Å². The summed E-state index contributed by atoms with van der Waals surface area (Å²) < 4.78 is 6.86. The van der Waals surface area contributed by atoms with E-state index in [-0.39, 0.29) is 34.9 Å². The van der Waals surface area contributed by atoms with Gasteiger partial charge in [0.2, 0.25) is 11.8 Å². The number of rotatable bonds is 2. The van der Waals surface area contributed by atoms with Crippen molar-refractivity contribution in [1.29, 1.82) is 0 Å². The van der Waals surface area contributed by atoms with Gasteiger partial charge in [0.05, 0.1) is 23.6 Å².